The number of hydrogen-bond donors (Lipinski definition) is 3. The number of nitrogens with one attached hydrogen (secondary N) is 2. The Morgan fingerprint density at radius 3 is 2.31 bits per heavy atom. The van der Waals surface area contributed by atoms with E-state index in [1.807, 2.05) is 6.92 Å². The van der Waals surface area contributed by atoms with E-state index in [0.717, 1.165) is 12.8 Å². The molecule has 0 amide bonds. The molecule has 0 aromatic carbocycles. The molecule has 0 bridgehead atoms. The monoisotopic (exact) mass is 252 g/mol. The van der Waals surface area contributed by atoms with Crippen LogP contribution in [0.5, 0.6) is 0 Å². The predicted octanol–water partition coefficient (Wildman–Crippen LogP) is 0.618. The van der Waals surface area contributed by atoms with Gasteiger partial charge in [-0.15, -0.1) is 0 Å². The van der Waals surface area contributed by atoms with Crippen molar-refractivity contribution in [3.8, 4) is 0 Å². The summed E-state index contributed by atoms with van der Waals surface area (Å²) >= 11 is 0. The van der Waals surface area contributed by atoms with Gasteiger partial charge in [0.2, 0.25) is 0 Å². The van der Waals surface area contributed by atoms with Crippen molar-refractivity contribution >= 4 is 10.2 Å². The molecule has 16 heavy (non-hydrogen) atoms. The Morgan fingerprint density at radius 1 is 1.25 bits per heavy atom. The fourth-order valence-electron chi connectivity index (χ4n) is 1.52. The van der Waals surface area contributed by atoms with Gasteiger partial charge >= 0.3 is 0 Å². The van der Waals surface area contributed by atoms with Crippen LogP contribution in [0.25, 0.3) is 0 Å². The summed E-state index contributed by atoms with van der Waals surface area (Å²) in [6.07, 6.45) is 2.55. The number of aliphatic hydroxyl groups excluding tert-OH is 1. The number of aliphatic hydroxyl groups is 1. The molecule has 0 heterocycles. The van der Waals surface area contributed by atoms with Crippen molar-refractivity contribution in [2.24, 2.45) is 5.92 Å². The minimum absolute atomic E-state index is 0.101. The Hall–Kier alpha value is -0.170. The van der Waals surface area contributed by atoms with Gasteiger partial charge in [0.1, 0.15) is 0 Å². The zero-order valence-corrected chi connectivity index (χ0v) is 11.2. The summed E-state index contributed by atoms with van der Waals surface area (Å²) in [5, 5.41) is 8.85. The quantitative estimate of drug-likeness (QED) is 0.563. The Balaban J connectivity index is 4.08. The Morgan fingerprint density at radius 2 is 1.88 bits per heavy atom. The van der Waals surface area contributed by atoms with E-state index < -0.39 is 10.2 Å². The van der Waals surface area contributed by atoms with Crippen LogP contribution in [0.15, 0.2) is 0 Å². The molecule has 0 saturated carbocycles. The largest absolute Gasteiger partial charge is 0.396 e. The SMILES string of the molecule is CCCC(CCO)CNS(=O)(=O)NC(C)C. The van der Waals surface area contributed by atoms with Crippen LogP contribution in [0.1, 0.15) is 40.0 Å². The molecule has 3 N–H and O–H groups in total. The van der Waals surface area contributed by atoms with Crippen LogP contribution in [-0.2, 0) is 10.2 Å². The molecule has 0 rings (SSSR count). The molecule has 1 atom stereocenters. The number of hydrogen-bond acceptors (Lipinski definition) is 3. The van der Waals surface area contributed by atoms with Gasteiger partial charge in [-0.25, -0.2) is 4.72 Å². The molecular formula is C10H24N2O3S. The van der Waals surface area contributed by atoms with E-state index in [1.54, 1.807) is 13.8 Å². The second-order valence-corrected chi connectivity index (χ2v) is 5.82. The third-order valence-electron chi connectivity index (χ3n) is 2.19. The molecule has 98 valence electrons. The molecule has 1 unspecified atom stereocenters. The highest BCUT2D eigenvalue weighted by Crippen LogP contribution is 2.09. The zero-order chi connectivity index (χ0) is 12.6. The predicted molar refractivity (Wildman–Crippen MR) is 65.3 cm³/mol. The Labute approximate surface area is 98.8 Å². The summed E-state index contributed by atoms with van der Waals surface area (Å²) in [6, 6.07) is -0.111. The Kier molecular flexibility index (Phi) is 7.91. The van der Waals surface area contributed by atoms with Gasteiger partial charge in [-0.05, 0) is 32.6 Å². The third-order valence-corrected chi connectivity index (χ3v) is 3.52. The fourth-order valence-corrected chi connectivity index (χ4v) is 2.68. The summed E-state index contributed by atoms with van der Waals surface area (Å²) in [7, 11) is -3.39. The average molecular weight is 252 g/mol. The molecule has 0 aliphatic heterocycles. The molecule has 0 aromatic rings. The summed E-state index contributed by atoms with van der Waals surface area (Å²) < 4.78 is 27.9. The standard InChI is InChI=1S/C10H24N2O3S/c1-4-5-10(6-7-13)8-11-16(14,15)12-9(2)3/h9-13H,4-8H2,1-3H3. The van der Waals surface area contributed by atoms with Gasteiger partial charge in [0.05, 0.1) is 0 Å². The topological polar surface area (TPSA) is 78.4 Å². The maximum absolute atomic E-state index is 11.5. The first-order chi connectivity index (χ1) is 7.41. The van der Waals surface area contributed by atoms with E-state index in [4.69, 9.17) is 5.11 Å². The summed E-state index contributed by atoms with van der Waals surface area (Å²) in [6.45, 7) is 6.08. The summed E-state index contributed by atoms with van der Waals surface area (Å²) in [5.74, 6) is 0.207. The van der Waals surface area contributed by atoms with Gasteiger partial charge in [0, 0.05) is 19.2 Å². The molecule has 6 heteroatoms. The van der Waals surface area contributed by atoms with Gasteiger partial charge in [-0.2, -0.15) is 13.1 Å². The fraction of sp³-hybridized carbons (Fsp3) is 1.00. The lowest BCUT2D eigenvalue weighted by atomic mass is 10.0. The molecular weight excluding hydrogens is 228 g/mol. The first-order valence-corrected chi connectivity index (χ1v) is 7.27. The van der Waals surface area contributed by atoms with Crippen molar-refractivity contribution in [1.82, 2.24) is 9.44 Å². The van der Waals surface area contributed by atoms with Crippen LogP contribution < -0.4 is 9.44 Å². The number of rotatable bonds is 9. The molecule has 0 saturated heterocycles. The summed E-state index contributed by atoms with van der Waals surface area (Å²) in [5.41, 5.74) is 0. The minimum Gasteiger partial charge on any atom is -0.396 e. The molecule has 0 aromatic heterocycles. The molecule has 0 fully saturated rings. The van der Waals surface area contributed by atoms with Gasteiger partial charge in [-0.3, -0.25) is 0 Å². The lowest BCUT2D eigenvalue weighted by Gasteiger charge is -2.17. The second kappa shape index (κ2) is 8.00. The lowest BCUT2D eigenvalue weighted by molar-refractivity contribution is 0.251. The van der Waals surface area contributed by atoms with Crippen LogP contribution in [0.4, 0.5) is 0 Å². The van der Waals surface area contributed by atoms with E-state index >= 15 is 0 Å². The van der Waals surface area contributed by atoms with Crippen molar-refractivity contribution in [1.29, 1.82) is 0 Å². The molecule has 0 aliphatic carbocycles. The van der Waals surface area contributed by atoms with Crippen LogP contribution in [0.2, 0.25) is 0 Å². The second-order valence-electron chi connectivity index (χ2n) is 4.29. The van der Waals surface area contributed by atoms with E-state index in [1.165, 1.54) is 0 Å². The van der Waals surface area contributed by atoms with Crippen molar-refractivity contribution in [3.63, 3.8) is 0 Å². The van der Waals surface area contributed by atoms with Crippen molar-refractivity contribution < 1.29 is 13.5 Å². The van der Waals surface area contributed by atoms with Gasteiger partial charge in [0.15, 0.2) is 0 Å². The van der Waals surface area contributed by atoms with E-state index in [2.05, 4.69) is 9.44 Å². The minimum atomic E-state index is -3.39. The maximum Gasteiger partial charge on any atom is 0.277 e. The van der Waals surface area contributed by atoms with E-state index in [9.17, 15) is 8.42 Å². The maximum atomic E-state index is 11.5. The Bertz CT molecular complexity index is 259. The van der Waals surface area contributed by atoms with Crippen LogP contribution in [0, 0.1) is 5.92 Å². The zero-order valence-electron chi connectivity index (χ0n) is 10.4. The highest BCUT2D eigenvalue weighted by molar-refractivity contribution is 7.87. The lowest BCUT2D eigenvalue weighted by Crippen LogP contribution is -2.42. The van der Waals surface area contributed by atoms with E-state index in [0.29, 0.717) is 13.0 Å². The van der Waals surface area contributed by atoms with Crippen LogP contribution in [-0.4, -0.2) is 32.7 Å². The van der Waals surface area contributed by atoms with Crippen molar-refractivity contribution in [2.45, 2.75) is 46.1 Å². The first kappa shape index (κ1) is 15.8. The molecule has 0 aliphatic rings. The highest BCUT2D eigenvalue weighted by Gasteiger charge is 2.14. The van der Waals surface area contributed by atoms with Crippen molar-refractivity contribution in [2.75, 3.05) is 13.2 Å². The van der Waals surface area contributed by atoms with Gasteiger partial charge in [0.25, 0.3) is 10.2 Å². The normalized spacial score (nSPS) is 14.3. The molecule has 5 nitrogen and oxygen atoms in total. The van der Waals surface area contributed by atoms with Crippen LogP contribution >= 0.6 is 0 Å². The molecule has 0 radical (unpaired) electrons. The summed E-state index contributed by atoms with van der Waals surface area (Å²) in [4.78, 5) is 0. The van der Waals surface area contributed by atoms with Gasteiger partial charge in [-0.1, -0.05) is 13.3 Å². The first-order valence-electron chi connectivity index (χ1n) is 5.79. The van der Waals surface area contributed by atoms with E-state index in [-0.39, 0.29) is 18.6 Å². The third kappa shape index (κ3) is 8.04. The average Bonchev–Trinajstić information content (AvgIpc) is 2.13. The van der Waals surface area contributed by atoms with Crippen LogP contribution in [0.3, 0.4) is 0 Å². The van der Waals surface area contributed by atoms with Gasteiger partial charge < -0.3 is 5.11 Å². The van der Waals surface area contributed by atoms with Crippen molar-refractivity contribution in [3.05, 3.63) is 0 Å². The highest BCUT2D eigenvalue weighted by atomic mass is 32.2. The molecule has 0 spiro atoms. The smallest absolute Gasteiger partial charge is 0.277 e.